The molecule has 1 atom stereocenters. The Morgan fingerprint density at radius 2 is 1.74 bits per heavy atom. The molecule has 3 nitrogen and oxygen atoms in total. The van der Waals surface area contributed by atoms with Gasteiger partial charge in [-0.25, -0.2) is 0 Å². The quantitative estimate of drug-likeness (QED) is 0.803. The van der Waals surface area contributed by atoms with Crippen LogP contribution in [0, 0.1) is 13.8 Å². The van der Waals surface area contributed by atoms with Gasteiger partial charge in [0.15, 0.2) is 11.5 Å². The van der Waals surface area contributed by atoms with E-state index in [4.69, 9.17) is 9.47 Å². The molecule has 2 aromatic rings. The van der Waals surface area contributed by atoms with Gasteiger partial charge in [0.2, 0.25) is 0 Å². The summed E-state index contributed by atoms with van der Waals surface area (Å²) in [5.41, 5.74) is 4.47. The van der Waals surface area contributed by atoms with Crippen LogP contribution in [0.4, 0.5) is 0 Å². The highest BCUT2D eigenvalue weighted by Gasteiger charge is 2.11. The molecule has 0 aliphatic heterocycles. The summed E-state index contributed by atoms with van der Waals surface area (Å²) >= 11 is 0. The second kappa shape index (κ2) is 8.02. The fourth-order valence-corrected chi connectivity index (χ4v) is 2.47. The Balaban J connectivity index is 2.19. The van der Waals surface area contributed by atoms with Crippen LogP contribution in [0.25, 0.3) is 0 Å². The third kappa shape index (κ3) is 4.49. The fourth-order valence-electron chi connectivity index (χ4n) is 2.47. The lowest BCUT2D eigenvalue weighted by Gasteiger charge is -2.16. The van der Waals surface area contributed by atoms with Crippen molar-refractivity contribution in [2.75, 3.05) is 6.61 Å². The summed E-state index contributed by atoms with van der Waals surface area (Å²) in [5.74, 6) is 1.39. The van der Waals surface area contributed by atoms with Crippen molar-refractivity contribution in [3.63, 3.8) is 0 Å². The second-order valence-corrected chi connectivity index (χ2v) is 5.78. The molecule has 0 radical (unpaired) electrons. The molecular formula is C20H26O3. The molecule has 0 aromatic heterocycles. The van der Waals surface area contributed by atoms with E-state index in [1.54, 1.807) is 0 Å². The zero-order chi connectivity index (χ0) is 16.8. The maximum absolute atomic E-state index is 9.99. The van der Waals surface area contributed by atoms with Crippen molar-refractivity contribution in [2.45, 2.75) is 46.8 Å². The van der Waals surface area contributed by atoms with E-state index in [1.807, 2.05) is 32.0 Å². The molecule has 1 N–H and O–H groups in total. The Kier molecular flexibility index (Phi) is 6.05. The Bertz CT molecular complexity index is 649. The van der Waals surface area contributed by atoms with E-state index in [9.17, 15) is 5.11 Å². The van der Waals surface area contributed by atoms with Crippen molar-refractivity contribution >= 4 is 0 Å². The van der Waals surface area contributed by atoms with E-state index in [2.05, 4.69) is 32.0 Å². The molecule has 124 valence electrons. The summed E-state index contributed by atoms with van der Waals surface area (Å²) in [6.45, 7) is 9.12. The first-order valence-corrected chi connectivity index (χ1v) is 8.18. The molecule has 2 rings (SSSR count). The van der Waals surface area contributed by atoms with Crippen molar-refractivity contribution < 1.29 is 14.6 Å². The molecule has 0 saturated carbocycles. The monoisotopic (exact) mass is 314 g/mol. The molecule has 23 heavy (non-hydrogen) atoms. The maximum Gasteiger partial charge on any atom is 0.161 e. The lowest BCUT2D eigenvalue weighted by atomic mass is 10.1. The predicted molar refractivity (Wildman–Crippen MR) is 93.1 cm³/mol. The topological polar surface area (TPSA) is 38.7 Å². The molecule has 0 saturated heterocycles. The maximum atomic E-state index is 9.99. The number of hydrogen-bond donors (Lipinski definition) is 1. The Hall–Kier alpha value is -2.00. The second-order valence-electron chi connectivity index (χ2n) is 5.78. The fraction of sp³-hybridized carbons (Fsp3) is 0.400. The van der Waals surface area contributed by atoms with Crippen LogP contribution in [0.1, 0.15) is 48.6 Å². The first-order valence-electron chi connectivity index (χ1n) is 8.18. The zero-order valence-electron chi connectivity index (χ0n) is 14.4. The standard InChI is InChI=1S/C20H26O3/c1-5-18(21)16-9-10-19(20(12-16)22-6-2)23-13-17-11-14(3)7-8-15(17)4/h7-12,18,21H,5-6,13H2,1-4H3. The van der Waals surface area contributed by atoms with Gasteiger partial charge < -0.3 is 14.6 Å². The van der Waals surface area contributed by atoms with Crippen LogP contribution >= 0.6 is 0 Å². The number of aliphatic hydroxyl groups is 1. The highest BCUT2D eigenvalue weighted by molar-refractivity contribution is 5.44. The minimum absolute atomic E-state index is 0.470. The molecule has 1 unspecified atom stereocenters. The van der Waals surface area contributed by atoms with Crippen molar-refractivity contribution in [2.24, 2.45) is 0 Å². The Morgan fingerprint density at radius 1 is 0.957 bits per heavy atom. The summed E-state index contributed by atoms with van der Waals surface area (Å²) in [6.07, 6.45) is 0.205. The van der Waals surface area contributed by atoms with Crippen molar-refractivity contribution in [3.8, 4) is 11.5 Å². The zero-order valence-corrected chi connectivity index (χ0v) is 14.4. The molecule has 0 aliphatic rings. The summed E-state index contributed by atoms with van der Waals surface area (Å²) in [4.78, 5) is 0. The molecule has 0 amide bonds. The van der Waals surface area contributed by atoms with Gasteiger partial charge in [0, 0.05) is 0 Å². The van der Waals surface area contributed by atoms with Gasteiger partial charge in [-0.15, -0.1) is 0 Å². The average molecular weight is 314 g/mol. The van der Waals surface area contributed by atoms with E-state index in [0.717, 1.165) is 5.56 Å². The van der Waals surface area contributed by atoms with Crippen molar-refractivity contribution in [1.82, 2.24) is 0 Å². The van der Waals surface area contributed by atoms with E-state index in [-0.39, 0.29) is 0 Å². The molecule has 0 bridgehead atoms. The van der Waals surface area contributed by atoms with Crippen LogP contribution in [0.3, 0.4) is 0 Å². The van der Waals surface area contributed by atoms with E-state index in [1.165, 1.54) is 16.7 Å². The summed E-state index contributed by atoms with van der Waals surface area (Å²) in [7, 11) is 0. The van der Waals surface area contributed by atoms with Crippen molar-refractivity contribution in [3.05, 3.63) is 58.7 Å². The summed E-state index contributed by atoms with van der Waals surface area (Å²) < 4.78 is 11.7. The van der Waals surface area contributed by atoms with Gasteiger partial charge in [-0.3, -0.25) is 0 Å². The number of hydrogen-bond acceptors (Lipinski definition) is 3. The van der Waals surface area contributed by atoms with Gasteiger partial charge in [0.1, 0.15) is 6.61 Å². The van der Waals surface area contributed by atoms with Crippen LogP contribution in [0.2, 0.25) is 0 Å². The largest absolute Gasteiger partial charge is 0.490 e. The minimum atomic E-state index is -0.470. The number of ether oxygens (including phenoxy) is 2. The number of aliphatic hydroxyl groups excluding tert-OH is 1. The number of rotatable bonds is 7. The van der Waals surface area contributed by atoms with Crippen molar-refractivity contribution in [1.29, 1.82) is 0 Å². The smallest absolute Gasteiger partial charge is 0.161 e. The van der Waals surface area contributed by atoms with E-state index < -0.39 is 6.10 Å². The highest BCUT2D eigenvalue weighted by atomic mass is 16.5. The Labute approximate surface area is 138 Å². The highest BCUT2D eigenvalue weighted by Crippen LogP contribution is 2.32. The van der Waals surface area contributed by atoms with E-state index in [0.29, 0.717) is 31.1 Å². The third-order valence-corrected chi connectivity index (χ3v) is 3.93. The van der Waals surface area contributed by atoms with Crippen LogP contribution in [0.5, 0.6) is 11.5 Å². The van der Waals surface area contributed by atoms with Gasteiger partial charge in [-0.05, 0) is 56.0 Å². The lowest BCUT2D eigenvalue weighted by Crippen LogP contribution is -2.03. The molecule has 3 heteroatoms. The van der Waals surface area contributed by atoms with Crippen LogP contribution in [0.15, 0.2) is 36.4 Å². The van der Waals surface area contributed by atoms with Gasteiger partial charge in [-0.1, -0.05) is 36.8 Å². The van der Waals surface area contributed by atoms with Gasteiger partial charge in [0.25, 0.3) is 0 Å². The minimum Gasteiger partial charge on any atom is -0.490 e. The van der Waals surface area contributed by atoms with Gasteiger partial charge >= 0.3 is 0 Å². The summed E-state index contributed by atoms with van der Waals surface area (Å²) in [5, 5.41) is 9.99. The molecule has 0 heterocycles. The molecule has 0 fully saturated rings. The number of aryl methyl sites for hydroxylation is 2. The van der Waals surface area contributed by atoms with Gasteiger partial charge in [-0.2, -0.15) is 0 Å². The molecule has 2 aromatic carbocycles. The lowest BCUT2D eigenvalue weighted by molar-refractivity contribution is 0.172. The first-order chi connectivity index (χ1) is 11.0. The SMILES string of the molecule is CCOc1cc(C(O)CC)ccc1OCc1cc(C)ccc1C. The molecule has 0 aliphatic carbocycles. The third-order valence-electron chi connectivity index (χ3n) is 3.93. The Morgan fingerprint density at radius 3 is 2.43 bits per heavy atom. The number of benzene rings is 2. The van der Waals surface area contributed by atoms with Crippen LogP contribution in [-0.2, 0) is 6.61 Å². The van der Waals surface area contributed by atoms with E-state index >= 15 is 0 Å². The first kappa shape index (κ1) is 17.4. The van der Waals surface area contributed by atoms with Crippen LogP contribution < -0.4 is 9.47 Å². The van der Waals surface area contributed by atoms with Crippen LogP contribution in [-0.4, -0.2) is 11.7 Å². The molecule has 0 spiro atoms. The van der Waals surface area contributed by atoms with Gasteiger partial charge in [0.05, 0.1) is 12.7 Å². The predicted octanol–water partition coefficient (Wildman–Crippen LogP) is 4.72. The average Bonchev–Trinajstić information content (AvgIpc) is 2.56. The normalized spacial score (nSPS) is 12.0. The molecular weight excluding hydrogens is 288 g/mol. The summed E-state index contributed by atoms with van der Waals surface area (Å²) in [6, 6.07) is 12.0.